The second-order valence-electron chi connectivity index (χ2n) is 11.2. The van der Waals surface area contributed by atoms with E-state index in [9.17, 15) is 23.2 Å². The van der Waals surface area contributed by atoms with E-state index in [4.69, 9.17) is 4.74 Å². The highest BCUT2D eigenvalue weighted by molar-refractivity contribution is 5.90. The van der Waals surface area contributed by atoms with Crippen LogP contribution in [0.15, 0.2) is 18.2 Å². The third-order valence-corrected chi connectivity index (χ3v) is 7.23. The van der Waals surface area contributed by atoms with E-state index in [-0.39, 0.29) is 48.2 Å². The molecular weight excluding hydrogens is 484 g/mol. The number of likely N-dealkylation sites (tertiary alicyclic amines) is 2. The molecule has 206 valence electrons. The van der Waals surface area contributed by atoms with Gasteiger partial charge in [0.1, 0.15) is 11.8 Å². The topological polar surface area (TPSA) is 94.2 Å². The second-order valence-corrected chi connectivity index (χ2v) is 11.2. The summed E-state index contributed by atoms with van der Waals surface area (Å²) in [5.41, 5.74) is -0.562. The number of ether oxygens (including phenoxy) is 1. The van der Waals surface area contributed by atoms with E-state index < -0.39 is 29.1 Å². The molecule has 37 heavy (non-hydrogen) atoms. The fourth-order valence-electron chi connectivity index (χ4n) is 5.07. The Kier molecular flexibility index (Phi) is 8.66. The monoisotopic (exact) mass is 523 g/mol. The number of nitrogens with zero attached hydrogens (tertiary/aromatic N) is 3. The van der Waals surface area contributed by atoms with Gasteiger partial charge in [-0.1, -0.05) is 20.8 Å². The second kappa shape index (κ2) is 11.2. The lowest BCUT2D eigenvalue weighted by Gasteiger charge is -2.37. The summed E-state index contributed by atoms with van der Waals surface area (Å²) in [5.74, 6) is -2.56. The Hall–Kier alpha value is -2.95. The molecule has 0 aliphatic carbocycles. The number of hydrogen-bond donors (Lipinski definition) is 2. The van der Waals surface area contributed by atoms with Gasteiger partial charge in [0.05, 0.1) is 24.7 Å². The summed E-state index contributed by atoms with van der Waals surface area (Å²) in [6.07, 6.45) is 0.593. The summed E-state index contributed by atoms with van der Waals surface area (Å²) >= 11 is 0. The van der Waals surface area contributed by atoms with Gasteiger partial charge in [-0.25, -0.2) is 13.6 Å². The van der Waals surface area contributed by atoms with E-state index in [1.807, 2.05) is 20.8 Å². The number of halogens is 2. The molecule has 2 saturated heterocycles. The van der Waals surface area contributed by atoms with Crippen LogP contribution >= 0.6 is 0 Å². The number of benzene rings is 1. The van der Waals surface area contributed by atoms with Crippen LogP contribution in [-0.4, -0.2) is 97.6 Å². The van der Waals surface area contributed by atoms with Crippen molar-refractivity contribution in [2.75, 3.05) is 40.8 Å². The van der Waals surface area contributed by atoms with E-state index in [0.29, 0.717) is 19.5 Å². The lowest BCUT2D eigenvalue weighted by molar-refractivity contribution is -0.141. The highest BCUT2D eigenvalue weighted by Gasteiger charge is 2.53. The molecule has 11 heteroatoms. The minimum absolute atomic E-state index is 0.108. The molecule has 2 aliphatic rings. The van der Waals surface area contributed by atoms with Crippen LogP contribution in [0.4, 0.5) is 13.6 Å². The fraction of sp³-hybridized carbons (Fsp3) is 0.654. The number of hydrogen-bond acceptors (Lipinski definition) is 5. The van der Waals surface area contributed by atoms with Crippen molar-refractivity contribution in [1.82, 2.24) is 25.3 Å². The maximum Gasteiger partial charge on any atom is 0.319 e. The Morgan fingerprint density at radius 3 is 2.41 bits per heavy atom. The molecule has 4 amide bonds. The largest absolute Gasteiger partial charge is 0.493 e. The van der Waals surface area contributed by atoms with Crippen molar-refractivity contribution >= 4 is 17.8 Å². The minimum Gasteiger partial charge on any atom is -0.493 e. The van der Waals surface area contributed by atoms with E-state index in [1.54, 1.807) is 37.9 Å². The summed E-state index contributed by atoms with van der Waals surface area (Å²) in [6.45, 7) is 8.30. The number of amides is 4. The van der Waals surface area contributed by atoms with Crippen molar-refractivity contribution < 1.29 is 27.9 Å². The predicted octanol–water partition coefficient (Wildman–Crippen LogP) is 2.07. The molecule has 0 aromatic heterocycles. The van der Waals surface area contributed by atoms with Crippen LogP contribution in [-0.2, 0) is 9.59 Å². The lowest BCUT2D eigenvalue weighted by atomic mass is 9.85. The maximum absolute atomic E-state index is 13.9. The van der Waals surface area contributed by atoms with Crippen LogP contribution in [0.2, 0.25) is 0 Å². The first-order valence-electron chi connectivity index (χ1n) is 12.6. The molecule has 1 aromatic rings. The van der Waals surface area contributed by atoms with Crippen LogP contribution in [0.1, 0.15) is 34.1 Å². The van der Waals surface area contributed by atoms with Crippen LogP contribution in [0.5, 0.6) is 5.75 Å². The average Bonchev–Trinajstić information content (AvgIpc) is 3.41. The quantitative estimate of drug-likeness (QED) is 0.571. The first-order chi connectivity index (χ1) is 17.3. The van der Waals surface area contributed by atoms with Gasteiger partial charge in [0, 0.05) is 39.2 Å². The van der Waals surface area contributed by atoms with Gasteiger partial charge in [0.25, 0.3) is 0 Å². The van der Waals surface area contributed by atoms with Crippen molar-refractivity contribution in [2.45, 2.75) is 58.3 Å². The highest BCUT2D eigenvalue weighted by atomic mass is 19.2. The van der Waals surface area contributed by atoms with Gasteiger partial charge in [-0.15, -0.1) is 0 Å². The van der Waals surface area contributed by atoms with Crippen LogP contribution < -0.4 is 15.4 Å². The molecule has 0 saturated carbocycles. The molecule has 3 rings (SSSR count). The number of fused-ring (bicyclic) bond motifs is 1. The van der Waals surface area contributed by atoms with Crippen molar-refractivity contribution in [3.63, 3.8) is 0 Å². The van der Waals surface area contributed by atoms with E-state index in [0.717, 1.165) is 12.1 Å². The molecular formula is C26H39F2N5O4. The molecule has 2 aliphatic heterocycles. The van der Waals surface area contributed by atoms with Crippen molar-refractivity contribution in [2.24, 2.45) is 11.3 Å². The molecule has 5 atom stereocenters. The van der Waals surface area contributed by atoms with Gasteiger partial charge in [0.2, 0.25) is 11.8 Å². The van der Waals surface area contributed by atoms with Gasteiger partial charge in [-0.05, 0) is 37.9 Å². The Labute approximate surface area is 217 Å². The third kappa shape index (κ3) is 6.14. The molecule has 2 fully saturated rings. The summed E-state index contributed by atoms with van der Waals surface area (Å²) in [6, 6.07) is 1.35. The number of carbonyl (C=O) groups is 3. The van der Waals surface area contributed by atoms with Crippen molar-refractivity contribution in [3.05, 3.63) is 29.8 Å². The zero-order chi connectivity index (χ0) is 27.7. The zero-order valence-corrected chi connectivity index (χ0v) is 22.7. The SMILES string of the molecule is CN[C@@H](C)C(=O)N[C@H](C(=O)N1CC[C@@H]2[C@H]1[C@@H](COc1ccc(F)c(F)c1)CN2C(=O)N(C)C)C(C)(C)C. The average molecular weight is 524 g/mol. The smallest absolute Gasteiger partial charge is 0.319 e. The third-order valence-electron chi connectivity index (χ3n) is 7.23. The number of likely N-dealkylation sites (N-methyl/N-ethyl adjacent to an activating group) is 1. The maximum atomic E-state index is 13.9. The first kappa shape index (κ1) is 28.6. The highest BCUT2D eigenvalue weighted by Crippen LogP contribution is 2.38. The van der Waals surface area contributed by atoms with Gasteiger partial charge in [-0.2, -0.15) is 0 Å². The van der Waals surface area contributed by atoms with Gasteiger partial charge < -0.3 is 30.1 Å². The standard InChI is InChI=1S/C26H39F2N5O4/c1-15(29-5)23(34)30-22(26(2,3)4)24(35)32-11-10-20-21(32)16(13-33(20)25(36)31(6)7)14-37-17-8-9-18(27)19(28)12-17/h8-9,12,15-16,20-22,29H,10-11,13-14H2,1-7H3,(H,30,34)/t15-,16+,20+,21+,22+/m0/s1. The van der Waals surface area contributed by atoms with Crippen LogP contribution in [0, 0.1) is 23.0 Å². The first-order valence-corrected chi connectivity index (χ1v) is 12.6. The van der Waals surface area contributed by atoms with Crippen LogP contribution in [0.3, 0.4) is 0 Å². The Morgan fingerprint density at radius 2 is 1.84 bits per heavy atom. The summed E-state index contributed by atoms with van der Waals surface area (Å²) in [7, 11) is 5.03. The van der Waals surface area contributed by atoms with Gasteiger partial charge >= 0.3 is 6.03 Å². The molecule has 0 radical (unpaired) electrons. The Bertz CT molecular complexity index is 1020. The molecule has 1 aromatic carbocycles. The normalized spacial score (nSPS) is 22.9. The summed E-state index contributed by atoms with van der Waals surface area (Å²) < 4.78 is 32.9. The van der Waals surface area contributed by atoms with E-state index >= 15 is 0 Å². The number of rotatable bonds is 7. The number of urea groups is 1. The molecule has 9 nitrogen and oxygen atoms in total. The predicted molar refractivity (Wildman–Crippen MR) is 135 cm³/mol. The van der Waals surface area contributed by atoms with E-state index in [1.165, 1.54) is 11.0 Å². The molecule has 2 heterocycles. The zero-order valence-electron chi connectivity index (χ0n) is 22.7. The van der Waals surface area contributed by atoms with Crippen molar-refractivity contribution in [3.8, 4) is 5.75 Å². The lowest BCUT2D eigenvalue weighted by Crippen LogP contribution is -2.59. The molecule has 0 spiro atoms. The van der Waals surface area contributed by atoms with Crippen molar-refractivity contribution in [1.29, 1.82) is 0 Å². The summed E-state index contributed by atoms with van der Waals surface area (Å²) in [4.78, 5) is 44.6. The molecule has 2 N–H and O–H groups in total. The van der Waals surface area contributed by atoms with E-state index in [2.05, 4.69) is 10.6 Å². The van der Waals surface area contributed by atoms with Gasteiger partial charge in [-0.3, -0.25) is 9.59 Å². The molecule has 0 bridgehead atoms. The Balaban J connectivity index is 1.87. The van der Waals surface area contributed by atoms with Crippen LogP contribution in [0.25, 0.3) is 0 Å². The van der Waals surface area contributed by atoms with Gasteiger partial charge in [0.15, 0.2) is 11.6 Å². The fourth-order valence-corrected chi connectivity index (χ4v) is 5.07. The molecule has 0 unspecified atom stereocenters. The number of nitrogens with one attached hydrogen (secondary N) is 2. The minimum atomic E-state index is -1.01. The summed E-state index contributed by atoms with van der Waals surface area (Å²) in [5, 5.41) is 5.80. The Morgan fingerprint density at radius 1 is 1.16 bits per heavy atom. The number of carbonyl (C=O) groups excluding carboxylic acids is 3.